The van der Waals surface area contributed by atoms with Crippen molar-refractivity contribution in [2.45, 2.75) is 26.3 Å². The van der Waals surface area contributed by atoms with E-state index in [4.69, 9.17) is 11.6 Å². The Morgan fingerprint density at radius 2 is 1.87 bits per heavy atom. The summed E-state index contributed by atoms with van der Waals surface area (Å²) in [5.41, 5.74) is 4.82. The molecule has 0 unspecified atom stereocenters. The van der Waals surface area contributed by atoms with Crippen LogP contribution in [0.2, 0.25) is 0 Å². The molecule has 0 bridgehead atoms. The molecular weight excluding hydrogens is 400 g/mol. The first-order valence-corrected chi connectivity index (χ1v) is 10.3. The monoisotopic (exact) mass is 422 g/mol. The van der Waals surface area contributed by atoms with Crippen LogP contribution in [0.1, 0.15) is 25.3 Å². The van der Waals surface area contributed by atoms with Crippen molar-refractivity contribution in [1.82, 2.24) is 30.8 Å². The van der Waals surface area contributed by atoms with Crippen LogP contribution in [0.3, 0.4) is 0 Å². The van der Waals surface area contributed by atoms with E-state index in [-0.39, 0.29) is 6.61 Å². The van der Waals surface area contributed by atoms with E-state index in [1.54, 1.807) is 0 Å². The fourth-order valence-electron chi connectivity index (χ4n) is 3.47. The van der Waals surface area contributed by atoms with Gasteiger partial charge in [-0.25, -0.2) is 0 Å². The molecule has 1 aromatic heterocycles. The van der Waals surface area contributed by atoms with Crippen LogP contribution in [0.5, 0.6) is 0 Å². The Hall–Kier alpha value is -3.16. The summed E-state index contributed by atoms with van der Waals surface area (Å²) < 4.78 is 0. The number of aromatic nitrogens is 4. The summed E-state index contributed by atoms with van der Waals surface area (Å²) >= 11 is 6.29. The summed E-state index contributed by atoms with van der Waals surface area (Å²) in [4.78, 5) is 2.03. The van der Waals surface area contributed by atoms with Crippen LogP contribution in [-0.4, -0.2) is 37.2 Å². The third-order valence-corrected chi connectivity index (χ3v) is 5.32. The molecule has 0 fully saturated rings. The number of unbranched alkanes of at least 4 members (excludes halogenated alkanes) is 1. The molecule has 30 heavy (non-hydrogen) atoms. The number of H-pyrrole nitrogens is 1. The average molecular weight is 423 g/mol. The fourth-order valence-corrected chi connectivity index (χ4v) is 3.73. The van der Waals surface area contributed by atoms with E-state index in [2.05, 4.69) is 63.2 Å². The predicted octanol–water partition coefficient (Wildman–Crippen LogP) is 3.98. The molecule has 154 valence electrons. The number of hydrogen-bond acceptors (Lipinski definition) is 6. The minimum Gasteiger partial charge on any atom is -0.390 e. The molecule has 0 amide bonds. The third-order valence-electron chi connectivity index (χ3n) is 5.00. The van der Waals surface area contributed by atoms with Gasteiger partial charge in [0.25, 0.3) is 0 Å². The van der Waals surface area contributed by atoms with Crippen molar-refractivity contribution in [2.24, 2.45) is 0 Å². The van der Waals surface area contributed by atoms with Gasteiger partial charge in [0, 0.05) is 12.1 Å². The maximum atomic E-state index is 9.77. The van der Waals surface area contributed by atoms with E-state index in [0.29, 0.717) is 23.2 Å². The van der Waals surface area contributed by atoms with E-state index < -0.39 is 0 Å². The maximum absolute atomic E-state index is 9.77. The zero-order valence-corrected chi connectivity index (χ0v) is 17.4. The highest BCUT2D eigenvalue weighted by Crippen LogP contribution is 2.31. The Balaban J connectivity index is 1.59. The molecule has 0 radical (unpaired) electrons. The number of aliphatic hydroxyl groups excluding tert-OH is 1. The van der Waals surface area contributed by atoms with Crippen molar-refractivity contribution < 1.29 is 5.11 Å². The first kappa shape index (κ1) is 20.1. The number of rotatable bonds is 7. The van der Waals surface area contributed by atoms with Gasteiger partial charge in [-0.2, -0.15) is 5.21 Å². The molecule has 1 aliphatic heterocycles. The molecule has 4 rings (SSSR count). The van der Waals surface area contributed by atoms with Crippen LogP contribution in [0.25, 0.3) is 22.5 Å². The van der Waals surface area contributed by atoms with Crippen LogP contribution in [0.15, 0.2) is 71.3 Å². The van der Waals surface area contributed by atoms with Crippen molar-refractivity contribution in [3.8, 4) is 22.5 Å². The van der Waals surface area contributed by atoms with Crippen molar-refractivity contribution in [3.63, 3.8) is 0 Å². The van der Waals surface area contributed by atoms with Gasteiger partial charge >= 0.3 is 0 Å². The predicted molar refractivity (Wildman–Crippen MR) is 117 cm³/mol. The van der Waals surface area contributed by atoms with Crippen LogP contribution in [0, 0.1) is 0 Å². The van der Waals surface area contributed by atoms with E-state index in [0.717, 1.165) is 40.9 Å². The lowest BCUT2D eigenvalue weighted by Crippen LogP contribution is -2.22. The Morgan fingerprint density at radius 3 is 2.53 bits per heavy atom. The van der Waals surface area contributed by atoms with Gasteiger partial charge in [-0.1, -0.05) is 73.5 Å². The number of benzene rings is 2. The summed E-state index contributed by atoms with van der Waals surface area (Å²) in [5.74, 6) is 1.48. The Morgan fingerprint density at radius 1 is 1.10 bits per heavy atom. The molecule has 0 saturated heterocycles. The Bertz CT molecular complexity index is 1060. The number of tetrazole rings is 1. The summed E-state index contributed by atoms with van der Waals surface area (Å²) in [6.07, 6.45) is 4.09. The van der Waals surface area contributed by atoms with Crippen LogP contribution >= 0.6 is 11.6 Å². The molecular formula is C22H23ClN6O. The summed E-state index contributed by atoms with van der Waals surface area (Å²) in [5, 5.41) is 27.8. The van der Waals surface area contributed by atoms with E-state index in [1.807, 2.05) is 29.2 Å². The second-order valence-electron chi connectivity index (χ2n) is 6.99. The summed E-state index contributed by atoms with van der Waals surface area (Å²) in [7, 11) is 0. The number of halogens is 1. The van der Waals surface area contributed by atoms with Gasteiger partial charge < -0.3 is 15.3 Å². The highest BCUT2D eigenvalue weighted by Gasteiger charge is 2.25. The van der Waals surface area contributed by atoms with Crippen LogP contribution < -0.4 is 5.32 Å². The van der Waals surface area contributed by atoms with Crippen molar-refractivity contribution in [1.29, 1.82) is 0 Å². The average Bonchev–Trinajstić information content (AvgIpc) is 3.41. The van der Waals surface area contributed by atoms with Gasteiger partial charge in [0.2, 0.25) is 5.82 Å². The molecule has 0 saturated carbocycles. The Labute approximate surface area is 180 Å². The molecule has 3 aromatic rings. The summed E-state index contributed by atoms with van der Waals surface area (Å²) in [6, 6.07) is 16.3. The van der Waals surface area contributed by atoms with Crippen molar-refractivity contribution in [3.05, 3.63) is 76.8 Å². The first-order valence-electron chi connectivity index (χ1n) is 9.87. The fraction of sp³-hybridized carbons (Fsp3) is 0.227. The minimum absolute atomic E-state index is 0.120. The number of hydrogen-bond donors (Lipinski definition) is 3. The quantitative estimate of drug-likeness (QED) is 0.499. The van der Waals surface area contributed by atoms with Crippen LogP contribution in [-0.2, 0) is 6.54 Å². The number of allylic oxidation sites excluding steroid dienone is 1. The SMILES string of the molecule is CCC/C=C1\NC(Cl)=C(CO)N1Cc1ccc(-c2ccccc2-c2nn[nH]n2)cc1. The molecule has 1 aliphatic rings. The summed E-state index contributed by atoms with van der Waals surface area (Å²) in [6.45, 7) is 2.62. The molecule has 0 atom stereocenters. The molecule has 0 spiro atoms. The van der Waals surface area contributed by atoms with Crippen LogP contribution in [0.4, 0.5) is 0 Å². The zero-order valence-electron chi connectivity index (χ0n) is 16.6. The highest BCUT2D eigenvalue weighted by molar-refractivity contribution is 6.30. The molecule has 2 heterocycles. The molecule has 0 aliphatic carbocycles. The lowest BCUT2D eigenvalue weighted by molar-refractivity contribution is 0.279. The van der Waals surface area contributed by atoms with Crippen molar-refractivity contribution in [2.75, 3.05) is 6.61 Å². The van der Waals surface area contributed by atoms with Crippen molar-refractivity contribution >= 4 is 11.6 Å². The zero-order chi connectivity index (χ0) is 20.9. The normalized spacial score (nSPS) is 15.2. The second-order valence-corrected chi connectivity index (χ2v) is 7.36. The number of aromatic amines is 1. The van der Waals surface area contributed by atoms with Gasteiger partial charge in [0.15, 0.2) is 0 Å². The van der Waals surface area contributed by atoms with E-state index >= 15 is 0 Å². The lowest BCUT2D eigenvalue weighted by atomic mass is 9.98. The standard InChI is InChI=1S/C22H23ClN6O/c1-2-3-8-20-24-21(23)19(14-30)29(20)13-15-9-11-16(12-10-15)17-6-4-5-7-18(17)22-25-27-28-26-22/h4-12,24,30H,2-3,13-14H2,1H3,(H,25,26,27,28)/b20-8+. The maximum Gasteiger partial charge on any atom is 0.205 e. The molecule has 2 aromatic carbocycles. The topological polar surface area (TPSA) is 90.0 Å². The number of nitrogens with zero attached hydrogens (tertiary/aromatic N) is 4. The third kappa shape index (κ3) is 4.08. The minimum atomic E-state index is -0.120. The van der Waals surface area contributed by atoms with E-state index in [9.17, 15) is 5.11 Å². The highest BCUT2D eigenvalue weighted by atomic mass is 35.5. The molecule has 8 heteroatoms. The van der Waals surface area contributed by atoms with Gasteiger partial charge in [0.05, 0.1) is 12.3 Å². The largest absolute Gasteiger partial charge is 0.390 e. The van der Waals surface area contributed by atoms with Gasteiger partial charge in [0.1, 0.15) is 11.0 Å². The molecule has 3 N–H and O–H groups in total. The first-order chi connectivity index (χ1) is 14.7. The van der Waals surface area contributed by atoms with Gasteiger partial charge in [-0.15, -0.1) is 10.2 Å². The Kier molecular flexibility index (Phi) is 6.11. The van der Waals surface area contributed by atoms with Gasteiger partial charge in [-0.3, -0.25) is 0 Å². The smallest absolute Gasteiger partial charge is 0.205 e. The second kappa shape index (κ2) is 9.11. The number of nitrogens with one attached hydrogen (secondary N) is 2. The number of aliphatic hydroxyl groups is 1. The lowest BCUT2D eigenvalue weighted by Gasteiger charge is -2.22. The van der Waals surface area contributed by atoms with Gasteiger partial charge in [-0.05, 0) is 34.4 Å². The molecule has 7 nitrogen and oxygen atoms in total. The van der Waals surface area contributed by atoms with E-state index in [1.165, 1.54) is 0 Å².